The number of aryl methyl sites for hydroxylation is 2. The third-order valence-corrected chi connectivity index (χ3v) is 3.86. The van der Waals surface area contributed by atoms with E-state index in [9.17, 15) is 5.11 Å². The molecule has 1 aliphatic carbocycles. The number of pyridine rings is 1. The lowest BCUT2D eigenvalue weighted by atomic mass is 10.1. The predicted octanol–water partition coefficient (Wildman–Crippen LogP) is 2.50. The number of fused-ring (bicyclic) bond motifs is 1. The third-order valence-electron chi connectivity index (χ3n) is 3.86. The second-order valence-corrected chi connectivity index (χ2v) is 5.21. The highest BCUT2D eigenvalue weighted by Gasteiger charge is 2.18. The number of phenols is 1. The van der Waals surface area contributed by atoms with Gasteiger partial charge in [0.1, 0.15) is 11.6 Å². The smallest absolute Gasteiger partial charge is 0.137 e. The van der Waals surface area contributed by atoms with Crippen molar-refractivity contribution in [2.75, 3.05) is 11.9 Å². The maximum absolute atomic E-state index is 9.62. The number of phenolic OH excluding ortho intramolecular Hbond substituents is 1. The zero-order chi connectivity index (χ0) is 14.1. The quantitative estimate of drug-likeness (QED) is 0.898. The molecule has 0 aliphatic heterocycles. The van der Waals surface area contributed by atoms with Gasteiger partial charge in [0.2, 0.25) is 0 Å². The van der Waals surface area contributed by atoms with Crippen LogP contribution in [0.5, 0.6) is 5.75 Å². The van der Waals surface area contributed by atoms with E-state index in [2.05, 4.69) is 6.07 Å². The Bertz CT molecular complexity index is 640. The van der Waals surface area contributed by atoms with Gasteiger partial charge in [-0.05, 0) is 43.0 Å². The number of rotatable bonds is 3. The topological polar surface area (TPSA) is 62.4 Å². The van der Waals surface area contributed by atoms with Crippen molar-refractivity contribution in [2.45, 2.75) is 25.8 Å². The molecule has 3 rings (SSSR count). The van der Waals surface area contributed by atoms with Gasteiger partial charge in [-0.1, -0.05) is 6.07 Å². The van der Waals surface area contributed by atoms with Gasteiger partial charge in [0.15, 0.2) is 0 Å². The van der Waals surface area contributed by atoms with E-state index >= 15 is 0 Å². The van der Waals surface area contributed by atoms with Crippen LogP contribution in [0.4, 0.5) is 11.5 Å². The molecule has 0 bridgehead atoms. The van der Waals surface area contributed by atoms with E-state index in [-0.39, 0.29) is 5.75 Å². The summed E-state index contributed by atoms with van der Waals surface area (Å²) in [6.45, 7) is 0.471. The number of hydrogen-bond acceptors (Lipinski definition) is 4. The van der Waals surface area contributed by atoms with Crippen LogP contribution in [-0.4, -0.2) is 17.1 Å². The van der Waals surface area contributed by atoms with Crippen molar-refractivity contribution in [2.24, 2.45) is 5.73 Å². The van der Waals surface area contributed by atoms with E-state index in [0.29, 0.717) is 6.54 Å². The molecular formula is C16H19N3O. The highest BCUT2D eigenvalue weighted by molar-refractivity contribution is 5.64. The summed E-state index contributed by atoms with van der Waals surface area (Å²) < 4.78 is 0. The molecule has 0 unspecified atom stereocenters. The van der Waals surface area contributed by atoms with Crippen LogP contribution in [0, 0.1) is 0 Å². The first-order chi connectivity index (χ1) is 9.69. The van der Waals surface area contributed by atoms with Crippen molar-refractivity contribution in [3.8, 4) is 5.75 Å². The summed E-state index contributed by atoms with van der Waals surface area (Å²) in [6.07, 6.45) is 3.32. The summed E-state index contributed by atoms with van der Waals surface area (Å²) in [5, 5.41) is 9.62. The number of nitrogens with two attached hydrogens (primary N) is 1. The molecule has 1 aliphatic rings. The Morgan fingerprint density at radius 1 is 1.30 bits per heavy atom. The van der Waals surface area contributed by atoms with Gasteiger partial charge in [-0.15, -0.1) is 0 Å². The molecule has 3 N–H and O–H groups in total. The fraction of sp³-hybridized carbons (Fsp3) is 0.312. The standard InChI is InChI=1S/C16H19N3O/c1-19(13-5-3-6-14(20)9-13)16-12(10-17)8-11-4-2-7-15(11)18-16/h3,5-6,8-9,20H,2,4,7,10,17H2,1H3. The van der Waals surface area contributed by atoms with Crippen molar-refractivity contribution in [3.05, 3.63) is 47.2 Å². The van der Waals surface area contributed by atoms with E-state index in [1.165, 1.54) is 17.7 Å². The Morgan fingerprint density at radius 3 is 2.90 bits per heavy atom. The number of hydrogen-bond donors (Lipinski definition) is 2. The molecule has 0 fully saturated rings. The van der Waals surface area contributed by atoms with Crippen molar-refractivity contribution >= 4 is 11.5 Å². The van der Waals surface area contributed by atoms with Crippen molar-refractivity contribution in [1.82, 2.24) is 4.98 Å². The van der Waals surface area contributed by atoms with Crippen LogP contribution in [0.1, 0.15) is 23.2 Å². The van der Waals surface area contributed by atoms with Gasteiger partial charge in [0, 0.05) is 36.6 Å². The minimum absolute atomic E-state index is 0.254. The van der Waals surface area contributed by atoms with Crippen molar-refractivity contribution < 1.29 is 5.11 Å². The highest BCUT2D eigenvalue weighted by atomic mass is 16.3. The van der Waals surface area contributed by atoms with Gasteiger partial charge in [0.05, 0.1) is 0 Å². The third kappa shape index (κ3) is 2.23. The van der Waals surface area contributed by atoms with Gasteiger partial charge in [0.25, 0.3) is 0 Å². The van der Waals surface area contributed by atoms with Crippen LogP contribution in [0.2, 0.25) is 0 Å². The Labute approximate surface area is 118 Å². The summed E-state index contributed by atoms with van der Waals surface area (Å²) in [5.74, 6) is 1.14. The first-order valence-corrected chi connectivity index (χ1v) is 6.93. The van der Waals surface area contributed by atoms with Crippen molar-refractivity contribution in [3.63, 3.8) is 0 Å². The fourth-order valence-electron chi connectivity index (χ4n) is 2.77. The second-order valence-electron chi connectivity index (χ2n) is 5.21. The van der Waals surface area contributed by atoms with Crippen LogP contribution in [-0.2, 0) is 19.4 Å². The second kappa shape index (κ2) is 5.13. The van der Waals surface area contributed by atoms with Crippen LogP contribution >= 0.6 is 0 Å². The van der Waals surface area contributed by atoms with E-state index in [0.717, 1.165) is 29.9 Å². The molecule has 104 valence electrons. The lowest BCUT2D eigenvalue weighted by Crippen LogP contribution is -2.16. The maximum atomic E-state index is 9.62. The van der Waals surface area contributed by atoms with Gasteiger partial charge >= 0.3 is 0 Å². The zero-order valence-corrected chi connectivity index (χ0v) is 11.6. The van der Waals surface area contributed by atoms with E-state index in [1.54, 1.807) is 12.1 Å². The van der Waals surface area contributed by atoms with Gasteiger partial charge in [-0.3, -0.25) is 0 Å². The zero-order valence-electron chi connectivity index (χ0n) is 11.6. The first-order valence-electron chi connectivity index (χ1n) is 6.93. The molecule has 1 aromatic carbocycles. The van der Waals surface area contributed by atoms with Crippen LogP contribution in [0.3, 0.4) is 0 Å². The molecular weight excluding hydrogens is 250 g/mol. The molecule has 0 atom stereocenters. The Hall–Kier alpha value is -2.07. The molecule has 0 amide bonds. The number of nitrogens with zero attached hydrogens (tertiary/aromatic N) is 2. The molecule has 0 saturated heterocycles. The normalized spacial score (nSPS) is 13.3. The van der Waals surface area contributed by atoms with Gasteiger partial charge < -0.3 is 15.7 Å². The molecule has 2 aromatic rings. The maximum Gasteiger partial charge on any atom is 0.137 e. The van der Waals surface area contributed by atoms with Gasteiger partial charge in [-0.2, -0.15) is 0 Å². The molecule has 0 radical (unpaired) electrons. The summed E-state index contributed by atoms with van der Waals surface area (Å²) in [4.78, 5) is 6.78. The molecule has 20 heavy (non-hydrogen) atoms. The lowest BCUT2D eigenvalue weighted by molar-refractivity contribution is 0.475. The Morgan fingerprint density at radius 2 is 2.15 bits per heavy atom. The minimum atomic E-state index is 0.254. The monoisotopic (exact) mass is 269 g/mol. The largest absolute Gasteiger partial charge is 0.508 e. The SMILES string of the molecule is CN(c1cccc(O)c1)c1nc2c(cc1CN)CCC2. The average Bonchev–Trinajstić information content (AvgIpc) is 2.92. The van der Waals surface area contributed by atoms with Crippen LogP contribution in [0.25, 0.3) is 0 Å². The molecule has 4 nitrogen and oxygen atoms in total. The van der Waals surface area contributed by atoms with E-state index < -0.39 is 0 Å². The van der Waals surface area contributed by atoms with Gasteiger partial charge in [-0.25, -0.2) is 4.98 Å². The first kappa shape index (κ1) is 12.9. The number of anilines is 2. The lowest BCUT2D eigenvalue weighted by Gasteiger charge is -2.22. The summed E-state index contributed by atoms with van der Waals surface area (Å²) in [6, 6.07) is 9.36. The molecule has 1 heterocycles. The Balaban J connectivity index is 2.04. The number of benzene rings is 1. The molecule has 0 spiro atoms. The average molecular weight is 269 g/mol. The minimum Gasteiger partial charge on any atom is -0.508 e. The molecule has 4 heteroatoms. The Kier molecular flexibility index (Phi) is 3.32. The molecule has 1 aromatic heterocycles. The van der Waals surface area contributed by atoms with Crippen LogP contribution < -0.4 is 10.6 Å². The van der Waals surface area contributed by atoms with Crippen molar-refractivity contribution in [1.29, 1.82) is 0 Å². The van der Waals surface area contributed by atoms with E-state index in [1.807, 2.05) is 24.1 Å². The molecule has 0 saturated carbocycles. The summed E-state index contributed by atoms with van der Waals surface area (Å²) >= 11 is 0. The highest BCUT2D eigenvalue weighted by Crippen LogP contribution is 2.31. The number of aromatic hydroxyl groups is 1. The van der Waals surface area contributed by atoms with E-state index in [4.69, 9.17) is 10.7 Å². The summed E-state index contributed by atoms with van der Waals surface area (Å²) in [5.41, 5.74) is 10.4. The fourth-order valence-corrected chi connectivity index (χ4v) is 2.77. The summed E-state index contributed by atoms with van der Waals surface area (Å²) in [7, 11) is 1.96. The number of aromatic nitrogens is 1. The predicted molar refractivity (Wildman–Crippen MR) is 80.3 cm³/mol. The van der Waals surface area contributed by atoms with Crippen LogP contribution in [0.15, 0.2) is 30.3 Å².